The molecule has 3 rings (SSSR count). The van der Waals surface area contributed by atoms with Gasteiger partial charge in [-0.15, -0.1) is 0 Å². The molecule has 1 aliphatic rings. The Kier molecular flexibility index (Phi) is 9.32. The van der Waals surface area contributed by atoms with Crippen LogP contribution in [0.1, 0.15) is 38.2 Å². The second kappa shape index (κ2) is 11.8. The van der Waals surface area contributed by atoms with E-state index in [-0.39, 0.29) is 34.2 Å². The zero-order chi connectivity index (χ0) is 25.8. The maximum atomic E-state index is 13.5. The molecule has 190 valence electrons. The first-order valence-corrected chi connectivity index (χ1v) is 14.2. The third-order valence-corrected chi connectivity index (χ3v) is 8.10. The summed E-state index contributed by atoms with van der Waals surface area (Å²) in [5.41, 5.74) is 0.910. The lowest BCUT2D eigenvalue weighted by molar-refractivity contribution is -0.139. The fourth-order valence-electron chi connectivity index (χ4n) is 4.06. The van der Waals surface area contributed by atoms with Crippen LogP contribution in [0.15, 0.2) is 42.5 Å². The minimum absolute atomic E-state index is 0.0804. The number of rotatable bonds is 9. The molecule has 0 spiro atoms. The van der Waals surface area contributed by atoms with Crippen LogP contribution in [0.3, 0.4) is 0 Å². The van der Waals surface area contributed by atoms with Gasteiger partial charge in [-0.1, -0.05) is 59.8 Å². The molecule has 1 unspecified atom stereocenters. The Labute approximate surface area is 221 Å². The largest absolute Gasteiger partial charge is 0.352 e. The smallest absolute Gasteiger partial charge is 0.244 e. The van der Waals surface area contributed by atoms with Crippen molar-refractivity contribution in [2.75, 3.05) is 17.1 Å². The highest BCUT2D eigenvalue weighted by Gasteiger charge is 2.31. The van der Waals surface area contributed by atoms with E-state index in [1.165, 1.54) is 23.1 Å². The van der Waals surface area contributed by atoms with E-state index in [4.69, 9.17) is 34.8 Å². The predicted octanol–water partition coefficient (Wildman–Crippen LogP) is 4.89. The van der Waals surface area contributed by atoms with Gasteiger partial charge in [0.25, 0.3) is 0 Å². The van der Waals surface area contributed by atoms with Crippen LogP contribution in [-0.2, 0) is 26.2 Å². The summed E-state index contributed by atoms with van der Waals surface area (Å²) in [5.74, 6) is -0.830. The van der Waals surface area contributed by atoms with Crippen molar-refractivity contribution in [3.8, 4) is 0 Å². The third-order valence-electron chi connectivity index (χ3n) is 5.98. The molecule has 1 aliphatic carbocycles. The van der Waals surface area contributed by atoms with Crippen LogP contribution in [0, 0.1) is 0 Å². The molecule has 11 heteroatoms. The number of carbonyl (C=O) groups excluding carboxylic acids is 2. The highest BCUT2D eigenvalue weighted by atomic mass is 35.5. The number of anilines is 1. The lowest BCUT2D eigenvalue weighted by Gasteiger charge is -2.32. The summed E-state index contributed by atoms with van der Waals surface area (Å²) in [4.78, 5) is 28.0. The van der Waals surface area contributed by atoms with Gasteiger partial charge in [0, 0.05) is 17.6 Å². The van der Waals surface area contributed by atoms with Gasteiger partial charge in [0.05, 0.1) is 22.0 Å². The molecule has 1 saturated carbocycles. The summed E-state index contributed by atoms with van der Waals surface area (Å²) >= 11 is 18.2. The zero-order valence-corrected chi connectivity index (χ0v) is 22.6. The van der Waals surface area contributed by atoms with Crippen LogP contribution in [0.2, 0.25) is 15.1 Å². The van der Waals surface area contributed by atoms with E-state index in [0.717, 1.165) is 36.2 Å². The van der Waals surface area contributed by atoms with Crippen LogP contribution in [0.5, 0.6) is 0 Å². The third kappa shape index (κ3) is 7.49. The van der Waals surface area contributed by atoms with Crippen molar-refractivity contribution in [2.24, 2.45) is 0 Å². The van der Waals surface area contributed by atoms with Crippen molar-refractivity contribution in [3.63, 3.8) is 0 Å². The molecule has 1 atom stereocenters. The van der Waals surface area contributed by atoms with Crippen molar-refractivity contribution in [1.82, 2.24) is 10.2 Å². The van der Waals surface area contributed by atoms with Gasteiger partial charge < -0.3 is 10.2 Å². The summed E-state index contributed by atoms with van der Waals surface area (Å²) in [6.07, 6.45) is 4.91. The fourth-order valence-corrected chi connectivity index (χ4v) is 5.41. The molecule has 0 aromatic heterocycles. The van der Waals surface area contributed by atoms with Gasteiger partial charge in [-0.05, 0) is 55.7 Å². The first kappa shape index (κ1) is 27.6. The minimum atomic E-state index is -3.86. The summed E-state index contributed by atoms with van der Waals surface area (Å²) in [6, 6.07) is 10.5. The number of halogens is 3. The lowest BCUT2D eigenvalue weighted by atomic mass is 10.1. The Bertz CT molecular complexity index is 1190. The predicted molar refractivity (Wildman–Crippen MR) is 141 cm³/mol. The van der Waals surface area contributed by atoms with Crippen LogP contribution < -0.4 is 9.62 Å². The molecule has 35 heavy (non-hydrogen) atoms. The van der Waals surface area contributed by atoms with Crippen LogP contribution in [-0.4, -0.2) is 50.0 Å². The first-order chi connectivity index (χ1) is 16.5. The van der Waals surface area contributed by atoms with Gasteiger partial charge in [-0.3, -0.25) is 13.9 Å². The molecule has 0 saturated heterocycles. The molecule has 0 bridgehead atoms. The van der Waals surface area contributed by atoms with Gasteiger partial charge in [-0.2, -0.15) is 0 Å². The van der Waals surface area contributed by atoms with Crippen LogP contribution in [0.25, 0.3) is 0 Å². The zero-order valence-electron chi connectivity index (χ0n) is 19.5. The molecule has 0 radical (unpaired) electrons. The number of nitrogens with one attached hydrogen (secondary N) is 1. The Morgan fingerprint density at radius 3 is 2.34 bits per heavy atom. The first-order valence-electron chi connectivity index (χ1n) is 11.2. The number of hydrogen-bond donors (Lipinski definition) is 1. The Morgan fingerprint density at radius 1 is 1.06 bits per heavy atom. The van der Waals surface area contributed by atoms with E-state index < -0.39 is 28.5 Å². The fraction of sp³-hybridized carbons (Fsp3) is 0.417. The monoisotopic (exact) mass is 559 g/mol. The molecule has 1 N–H and O–H groups in total. The highest BCUT2D eigenvalue weighted by molar-refractivity contribution is 7.92. The summed E-state index contributed by atoms with van der Waals surface area (Å²) < 4.78 is 26.2. The van der Waals surface area contributed by atoms with Crippen LogP contribution >= 0.6 is 34.8 Å². The van der Waals surface area contributed by atoms with E-state index in [1.54, 1.807) is 31.2 Å². The topological polar surface area (TPSA) is 86.8 Å². The molecule has 0 heterocycles. The number of sulfonamides is 1. The maximum Gasteiger partial charge on any atom is 0.244 e. The van der Waals surface area contributed by atoms with Crippen molar-refractivity contribution in [2.45, 2.75) is 51.2 Å². The van der Waals surface area contributed by atoms with E-state index in [0.29, 0.717) is 10.6 Å². The normalized spacial score (nSPS) is 15.0. The van der Waals surface area contributed by atoms with Crippen molar-refractivity contribution in [1.29, 1.82) is 0 Å². The average molecular weight is 561 g/mol. The van der Waals surface area contributed by atoms with E-state index in [1.807, 2.05) is 0 Å². The standard InChI is InChI=1S/C24H28Cl3N3O4S/c1-16(24(32)28-19-8-3-4-9-19)29(14-17-6-5-7-18(25)12-17)23(31)15-30(35(2,33)34)20-10-11-21(26)22(27)13-20/h5-7,10-13,16,19H,3-4,8-9,14-15H2,1-2H3,(H,28,32). The number of benzene rings is 2. The number of amides is 2. The Balaban J connectivity index is 1.89. The van der Waals surface area contributed by atoms with E-state index >= 15 is 0 Å². The molecule has 7 nitrogen and oxygen atoms in total. The maximum absolute atomic E-state index is 13.5. The number of carbonyl (C=O) groups is 2. The minimum Gasteiger partial charge on any atom is -0.352 e. The molecule has 1 fully saturated rings. The van der Waals surface area contributed by atoms with Crippen molar-refractivity contribution in [3.05, 3.63) is 63.1 Å². The second-order valence-corrected chi connectivity index (χ2v) is 11.8. The summed E-state index contributed by atoms with van der Waals surface area (Å²) in [6.45, 7) is 1.20. The second-order valence-electron chi connectivity index (χ2n) is 8.69. The van der Waals surface area contributed by atoms with Crippen LogP contribution in [0.4, 0.5) is 5.69 Å². The van der Waals surface area contributed by atoms with Gasteiger partial charge in [0.2, 0.25) is 21.8 Å². The lowest BCUT2D eigenvalue weighted by Crippen LogP contribution is -2.52. The molecule has 2 aromatic carbocycles. The number of nitrogens with zero attached hydrogens (tertiary/aromatic N) is 2. The van der Waals surface area contributed by atoms with Gasteiger partial charge in [0.15, 0.2) is 0 Å². The average Bonchev–Trinajstić information content (AvgIpc) is 3.29. The van der Waals surface area contributed by atoms with Gasteiger partial charge in [0.1, 0.15) is 12.6 Å². The SMILES string of the molecule is CC(C(=O)NC1CCCC1)N(Cc1cccc(Cl)c1)C(=O)CN(c1ccc(Cl)c(Cl)c1)S(C)(=O)=O. The Morgan fingerprint density at radius 2 is 1.74 bits per heavy atom. The molecule has 2 amide bonds. The van der Waals surface area contributed by atoms with Crippen molar-refractivity contribution >= 4 is 62.3 Å². The quantitative estimate of drug-likeness (QED) is 0.473. The summed E-state index contributed by atoms with van der Waals surface area (Å²) in [5, 5.41) is 3.93. The molecule has 0 aliphatic heterocycles. The molecular formula is C24H28Cl3N3O4S. The van der Waals surface area contributed by atoms with Gasteiger partial charge in [-0.25, -0.2) is 8.42 Å². The van der Waals surface area contributed by atoms with E-state index in [9.17, 15) is 18.0 Å². The summed E-state index contributed by atoms with van der Waals surface area (Å²) in [7, 11) is -3.86. The van der Waals surface area contributed by atoms with Gasteiger partial charge >= 0.3 is 0 Å². The highest BCUT2D eigenvalue weighted by Crippen LogP contribution is 2.29. The molecule has 2 aromatic rings. The molecular weight excluding hydrogens is 533 g/mol. The van der Waals surface area contributed by atoms with E-state index in [2.05, 4.69) is 5.32 Å². The number of hydrogen-bond acceptors (Lipinski definition) is 4. The van der Waals surface area contributed by atoms with Crippen molar-refractivity contribution < 1.29 is 18.0 Å². The Hall–Kier alpha value is -2.00.